The molecule has 2 atom stereocenters. The molecular weight excluding hydrogens is 423 g/mol. The molecule has 0 saturated carbocycles. The summed E-state index contributed by atoms with van der Waals surface area (Å²) in [6, 6.07) is 17.5. The number of hydrogen-bond acceptors (Lipinski definition) is 0. The van der Waals surface area contributed by atoms with E-state index in [2.05, 4.69) is 87.4 Å². The summed E-state index contributed by atoms with van der Waals surface area (Å²) in [5.41, 5.74) is 5.58. The molecular formula is C20H23Cl3SiTi. The zero-order valence-corrected chi connectivity index (χ0v) is 19.6. The number of fused-ring (bicyclic) bond motifs is 2. The Labute approximate surface area is 169 Å². The second-order valence-corrected chi connectivity index (χ2v) is 28.2. The zero-order valence-electron chi connectivity index (χ0n) is 14.2. The number of benzene rings is 2. The van der Waals surface area contributed by atoms with E-state index < -0.39 is 13.0 Å². The van der Waals surface area contributed by atoms with Gasteiger partial charge in [-0.05, 0) is 0 Å². The molecule has 2 aromatic carbocycles. The maximum Gasteiger partial charge on any atom is -0.147 e. The second kappa shape index (κ2) is 7.39. The molecule has 0 saturated heterocycles. The van der Waals surface area contributed by atoms with E-state index in [1.165, 1.54) is 22.3 Å². The van der Waals surface area contributed by atoms with Crippen molar-refractivity contribution < 1.29 is 13.0 Å². The van der Waals surface area contributed by atoms with Crippen LogP contribution in [0.3, 0.4) is 0 Å². The Kier molecular flexibility index (Phi) is 6.21. The van der Waals surface area contributed by atoms with Crippen LogP contribution in [0.5, 0.6) is 0 Å². The van der Waals surface area contributed by atoms with Crippen LogP contribution in [0.2, 0.25) is 4.73 Å². The fraction of sp³-hybridized carbons (Fsp3) is 0.200. The first-order chi connectivity index (χ1) is 11.0. The maximum absolute atomic E-state index is 7.75. The quantitative estimate of drug-likeness (QED) is 0.494. The molecule has 25 heavy (non-hydrogen) atoms. The van der Waals surface area contributed by atoms with Gasteiger partial charge in [0.25, 0.3) is 0 Å². The Balaban J connectivity index is 0.00000113. The minimum atomic E-state index is -3.36. The van der Waals surface area contributed by atoms with Gasteiger partial charge in [0.1, 0.15) is 0 Å². The van der Waals surface area contributed by atoms with Crippen LogP contribution >= 0.6 is 34.1 Å². The molecule has 0 heterocycles. The molecule has 2 aliphatic carbocycles. The van der Waals surface area contributed by atoms with E-state index in [0.717, 1.165) is 4.73 Å². The molecule has 0 radical (unpaired) electrons. The molecule has 0 nitrogen and oxygen atoms in total. The molecule has 0 fully saturated rings. The molecule has 5 heteroatoms. The minimum Gasteiger partial charge on any atom is -0.147 e. The van der Waals surface area contributed by atoms with Crippen molar-refractivity contribution in [3.8, 4) is 0 Å². The van der Waals surface area contributed by atoms with Gasteiger partial charge in [0.2, 0.25) is 0 Å². The van der Waals surface area contributed by atoms with Crippen LogP contribution in [0.1, 0.15) is 37.6 Å². The summed E-state index contributed by atoms with van der Waals surface area (Å²) < 4.78 is 1.92. The average Bonchev–Trinajstić information content (AvgIpc) is 3.20. The largest absolute Gasteiger partial charge is 0.147 e. The van der Waals surface area contributed by atoms with E-state index in [1.54, 1.807) is 0 Å². The van der Waals surface area contributed by atoms with Gasteiger partial charge >= 0.3 is 145 Å². The standard InChI is InChI=1S/2C9H7.C2H5.3ClH.H2Si.Ti/c2*1-2-5-9-7-3-6-8(9)4-1;1-2;;;;;/h2*1-7H;1H2,2H3;3*1H;1H2;/q;;;;;;;+1/p-1. The molecule has 132 valence electrons. The monoisotopic (exact) mass is 444 g/mol. The second-order valence-electron chi connectivity index (χ2n) is 7.00. The number of allylic oxidation sites excluding steroid dienone is 2. The van der Waals surface area contributed by atoms with Crippen molar-refractivity contribution in [2.75, 3.05) is 0 Å². The van der Waals surface area contributed by atoms with Crippen molar-refractivity contribution in [1.82, 2.24) is 0 Å². The van der Waals surface area contributed by atoms with Gasteiger partial charge in [-0.25, -0.2) is 0 Å². The first kappa shape index (κ1) is 21.0. The number of hydrogen-bond donors (Lipinski definition) is 0. The van der Waals surface area contributed by atoms with E-state index in [4.69, 9.17) is 9.30 Å². The van der Waals surface area contributed by atoms with Gasteiger partial charge in [0.15, 0.2) is 0 Å². The number of rotatable bonds is 3. The van der Waals surface area contributed by atoms with E-state index in [1.807, 2.05) is 0 Å². The Morgan fingerprint density at radius 1 is 0.840 bits per heavy atom. The van der Waals surface area contributed by atoms with Gasteiger partial charge in [-0.3, -0.25) is 0 Å². The molecule has 2 aliphatic rings. The third kappa shape index (κ3) is 3.14. The molecule has 0 aromatic heterocycles. The molecule has 2 aromatic rings. The summed E-state index contributed by atoms with van der Waals surface area (Å²) in [5, 5.41) is 0. The molecule has 4 rings (SSSR count). The molecule has 0 N–H and O–H groups in total. The van der Waals surface area contributed by atoms with Gasteiger partial charge in [-0.15, -0.1) is 24.8 Å². The van der Waals surface area contributed by atoms with E-state index in [-0.39, 0.29) is 24.8 Å². The van der Waals surface area contributed by atoms with Gasteiger partial charge < -0.3 is 0 Å². The van der Waals surface area contributed by atoms with Crippen LogP contribution in [0.4, 0.5) is 0 Å². The molecule has 0 bridgehead atoms. The van der Waals surface area contributed by atoms with Crippen LogP contribution in [-0.2, 0) is 13.0 Å². The summed E-state index contributed by atoms with van der Waals surface area (Å²) in [4.78, 5) is 0. The molecule has 0 aliphatic heterocycles. The van der Waals surface area contributed by atoms with Crippen molar-refractivity contribution in [1.29, 1.82) is 0 Å². The Hall–Kier alpha value is -0.279. The van der Waals surface area contributed by atoms with Crippen molar-refractivity contribution in [3.05, 3.63) is 82.9 Å². The van der Waals surface area contributed by atoms with Crippen LogP contribution in [0.15, 0.2) is 60.7 Å². The Bertz CT molecular complexity index is 851. The summed E-state index contributed by atoms with van der Waals surface area (Å²) >= 11 is -3.36. The van der Waals surface area contributed by atoms with E-state index >= 15 is 0 Å². The third-order valence-electron chi connectivity index (χ3n) is 5.86. The van der Waals surface area contributed by atoms with Crippen LogP contribution < -0.4 is 0 Å². The topological polar surface area (TPSA) is 0 Å². The predicted molar refractivity (Wildman–Crippen MR) is 116 cm³/mol. The normalized spacial score (nSPS) is 20.4. The first-order valence-electron chi connectivity index (χ1n) is 8.32. The van der Waals surface area contributed by atoms with Gasteiger partial charge in [-0.2, -0.15) is 0 Å². The fourth-order valence-corrected chi connectivity index (χ4v) is 15.7. The van der Waals surface area contributed by atoms with Crippen molar-refractivity contribution in [3.63, 3.8) is 0 Å². The van der Waals surface area contributed by atoms with Crippen LogP contribution in [-0.4, -0.2) is 7.63 Å². The van der Waals surface area contributed by atoms with Crippen LogP contribution in [0.25, 0.3) is 12.2 Å². The van der Waals surface area contributed by atoms with Crippen molar-refractivity contribution in [2.24, 2.45) is 0 Å². The first-order valence-corrected chi connectivity index (χ1v) is 17.4. The predicted octanol–water partition coefficient (Wildman–Crippen LogP) is 6.20. The van der Waals surface area contributed by atoms with Crippen LogP contribution in [0, 0.1) is 0 Å². The van der Waals surface area contributed by atoms with E-state index in [9.17, 15) is 0 Å². The van der Waals surface area contributed by atoms with E-state index in [0.29, 0.717) is 8.45 Å². The molecule has 0 amide bonds. The fourth-order valence-electron chi connectivity index (χ4n) is 4.33. The third-order valence-corrected chi connectivity index (χ3v) is 23.2. The molecule has 2 unspecified atom stereocenters. The van der Waals surface area contributed by atoms with Gasteiger partial charge in [-0.1, -0.05) is 0 Å². The van der Waals surface area contributed by atoms with Gasteiger partial charge in [0, 0.05) is 0 Å². The van der Waals surface area contributed by atoms with Gasteiger partial charge in [0.05, 0.1) is 0 Å². The summed E-state index contributed by atoms with van der Waals surface area (Å²) in [6.07, 6.45) is 9.33. The van der Waals surface area contributed by atoms with Crippen molar-refractivity contribution >= 4 is 53.9 Å². The summed E-state index contributed by atoms with van der Waals surface area (Å²) in [6.45, 7) is 2.31. The van der Waals surface area contributed by atoms with Crippen molar-refractivity contribution in [2.45, 2.75) is 20.1 Å². The summed E-state index contributed by atoms with van der Waals surface area (Å²) in [5.74, 6) is 0. The zero-order chi connectivity index (χ0) is 16.1. The Morgan fingerprint density at radius 2 is 1.24 bits per heavy atom. The smallest absolute Gasteiger partial charge is 0.147 e. The summed E-state index contributed by atoms with van der Waals surface area (Å²) in [7, 11) is 9.92. The molecule has 0 spiro atoms. The minimum absolute atomic E-state index is 0. The average molecular weight is 446 g/mol. The Morgan fingerprint density at radius 3 is 1.64 bits per heavy atom. The maximum atomic E-state index is 7.75. The number of halogens is 3. The SMILES string of the molecule is C[CH2][Ti](=[SiH2])([Cl])([CH]1C=Cc2ccccc21)[CH]1C=Cc2ccccc21.Cl.Cl.